The van der Waals surface area contributed by atoms with Gasteiger partial charge >= 0.3 is 0 Å². The molecule has 0 amide bonds. The smallest absolute Gasteiger partial charge is 0.165 e. The molecule has 7 atom stereocenters. The Morgan fingerprint density at radius 2 is 2.04 bits per heavy atom. The predicted octanol–water partition coefficient (Wildman–Crippen LogP) is 6.76. The highest BCUT2D eigenvalue weighted by Crippen LogP contribution is 2.64. The van der Waals surface area contributed by atoms with Crippen molar-refractivity contribution >= 4 is 14.2 Å². The van der Waals surface area contributed by atoms with Crippen molar-refractivity contribution in [1.29, 1.82) is 0 Å². The van der Waals surface area contributed by atoms with Crippen LogP contribution in [0.2, 0.25) is 0 Å². The van der Waals surface area contributed by atoms with Crippen molar-refractivity contribution in [3.05, 3.63) is 23.3 Å². The van der Waals surface area contributed by atoms with Gasteiger partial charge in [0.1, 0.15) is 0 Å². The molecule has 0 aliphatic heterocycles. The van der Waals surface area contributed by atoms with E-state index in [2.05, 4.69) is 39.8 Å². The van der Waals surface area contributed by atoms with E-state index in [-0.39, 0.29) is 10.8 Å². The van der Waals surface area contributed by atoms with Gasteiger partial charge in [-0.1, -0.05) is 44.4 Å². The van der Waals surface area contributed by atoms with Crippen molar-refractivity contribution in [2.45, 2.75) is 84.7 Å². The summed E-state index contributed by atoms with van der Waals surface area (Å²) in [4.78, 5) is 13.5. The highest BCUT2D eigenvalue weighted by atomic mass is 31.1. The van der Waals surface area contributed by atoms with Crippen LogP contribution in [0, 0.1) is 34.5 Å². The molecule has 0 spiro atoms. The number of allylic oxidation sites excluding steroid dienone is 4. The number of carbonyl (C=O) groups is 1. The average molecular weight is 387 g/mol. The van der Waals surface area contributed by atoms with Crippen LogP contribution in [0.1, 0.15) is 79.1 Å². The summed E-state index contributed by atoms with van der Waals surface area (Å²) in [5, 5.41) is 0. The Hall–Kier alpha value is -0.750. The third kappa shape index (κ3) is 2.77. The van der Waals surface area contributed by atoms with E-state index in [1.165, 1.54) is 36.8 Å². The minimum atomic E-state index is -0.267. The van der Waals surface area contributed by atoms with E-state index in [1.807, 2.05) is 0 Å². The van der Waals surface area contributed by atoms with Gasteiger partial charge in [0, 0.05) is 5.66 Å². The van der Waals surface area contributed by atoms with Crippen molar-refractivity contribution in [3.63, 3.8) is 0 Å². The van der Waals surface area contributed by atoms with E-state index in [4.69, 9.17) is 0 Å². The Bertz CT molecular complexity index is 707. The molecule has 0 radical (unpaired) electrons. The van der Waals surface area contributed by atoms with Crippen LogP contribution in [0.5, 0.6) is 0 Å². The zero-order valence-corrected chi connectivity index (χ0v) is 18.4. The summed E-state index contributed by atoms with van der Waals surface area (Å²) in [6.45, 7) is 9.22. The Labute approximate surface area is 166 Å². The van der Waals surface area contributed by atoms with Gasteiger partial charge in [0.05, 0.1) is 5.41 Å². The van der Waals surface area contributed by atoms with Crippen molar-refractivity contribution in [1.82, 2.24) is 0 Å². The molecule has 0 aromatic rings. The molecule has 2 fully saturated rings. The molecule has 4 aliphatic rings. The maximum atomic E-state index is 13.5. The van der Waals surface area contributed by atoms with Crippen LogP contribution >= 0.6 is 8.46 Å². The fourth-order valence-corrected chi connectivity index (χ4v) is 7.91. The molecule has 0 aromatic carbocycles. The molecule has 148 valence electrons. The summed E-state index contributed by atoms with van der Waals surface area (Å²) in [5.41, 5.74) is 3.11. The minimum Gasteiger partial charge on any atom is -0.294 e. The Morgan fingerprint density at radius 1 is 1.26 bits per heavy atom. The third-order valence-corrected chi connectivity index (χ3v) is 9.73. The fourth-order valence-electron chi connectivity index (χ4n) is 7.34. The van der Waals surface area contributed by atoms with Gasteiger partial charge in [-0.3, -0.25) is 9.36 Å². The lowest BCUT2D eigenvalue weighted by molar-refractivity contribution is -0.126. The molecule has 2 nitrogen and oxygen atoms in total. The van der Waals surface area contributed by atoms with Crippen LogP contribution in [-0.4, -0.2) is 11.4 Å². The van der Waals surface area contributed by atoms with E-state index in [0.29, 0.717) is 43.6 Å². The van der Waals surface area contributed by atoms with Gasteiger partial charge in [0.2, 0.25) is 0 Å². The van der Waals surface area contributed by atoms with Crippen LogP contribution < -0.4 is 0 Å². The van der Waals surface area contributed by atoms with E-state index in [9.17, 15) is 9.36 Å². The van der Waals surface area contributed by atoms with E-state index in [0.717, 1.165) is 25.7 Å². The maximum Gasteiger partial charge on any atom is 0.165 e. The molecule has 0 saturated heterocycles. The van der Waals surface area contributed by atoms with Gasteiger partial charge in [-0.25, -0.2) is 0 Å². The molecular formula is C24H35O2P. The Morgan fingerprint density at radius 3 is 2.74 bits per heavy atom. The van der Waals surface area contributed by atoms with Crippen LogP contribution in [0.25, 0.3) is 0 Å². The first-order chi connectivity index (χ1) is 12.9. The number of carbonyl (C=O) groups excluding carboxylic acids is 1. The molecule has 4 aliphatic carbocycles. The first-order valence-corrected chi connectivity index (χ1v) is 12.0. The molecule has 3 heteroatoms. The lowest BCUT2D eigenvalue weighted by Gasteiger charge is -2.56. The second-order valence-electron chi connectivity index (χ2n) is 10.2. The molecular weight excluding hydrogens is 351 g/mol. The second kappa shape index (κ2) is 6.94. The number of hydrogen-bond acceptors (Lipinski definition) is 2. The third-order valence-electron chi connectivity index (χ3n) is 8.96. The van der Waals surface area contributed by atoms with Gasteiger partial charge < -0.3 is 0 Å². The molecule has 0 unspecified atom stereocenters. The number of hydrogen-bond donors (Lipinski definition) is 0. The highest BCUT2D eigenvalue weighted by molar-refractivity contribution is 7.24. The number of fused-ring (bicyclic) bond motifs is 5. The quantitative estimate of drug-likeness (QED) is 0.395. The van der Waals surface area contributed by atoms with E-state index in [1.54, 1.807) is 0 Å². The van der Waals surface area contributed by atoms with Crippen molar-refractivity contribution in [2.75, 3.05) is 0 Å². The predicted molar refractivity (Wildman–Crippen MR) is 111 cm³/mol. The van der Waals surface area contributed by atoms with Crippen LogP contribution in [-0.2, 0) is 9.36 Å². The van der Waals surface area contributed by atoms with Crippen molar-refractivity contribution in [3.8, 4) is 0 Å². The van der Waals surface area contributed by atoms with Gasteiger partial charge in [-0.05, 0) is 87.0 Å². The second-order valence-corrected chi connectivity index (χ2v) is 11.1. The largest absolute Gasteiger partial charge is 0.294 e. The zero-order valence-electron chi connectivity index (χ0n) is 17.5. The zero-order chi connectivity index (χ0) is 19.4. The summed E-state index contributed by atoms with van der Waals surface area (Å²) in [6.07, 6.45) is 13.6. The Kier molecular flexibility index (Phi) is 5.03. The molecule has 27 heavy (non-hydrogen) atoms. The minimum absolute atomic E-state index is 0.152. The van der Waals surface area contributed by atoms with Gasteiger partial charge in [0.15, 0.2) is 14.2 Å². The normalized spacial score (nSPS) is 44.8. The monoisotopic (exact) mass is 386 g/mol. The van der Waals surface area contributed by atoms with Gasteiger partial charge in [-0.15, -0.1) is 0 Å². The first-order valence-electron chi connectivity index (χ1n) is 11.2. The summed E-state index contributed by atoms with van der Waals surface area (Å²) >= 11 is 0. The lowest BCUT2D eigenvalue weighted by Crippen LogP contribution is -2.50. The summed E-state index contributed by atoms with van der Waals surface area (Å²) in [6, 6.07) is 0. The molecule has 0 aromatic heterocycles. The Balaban J connectivity index is 1.68. The summed E-state index contributed by atoms with van der Waals surface area (Å²) < 4.78 is 11.4. The first kappa shape index (κ1) is 19.6. The molecule has 0 N–H and O–H groups in total. The number of ketones is 1. The highest BCUT2D eigenvalue weighted by Gasteiger charge is 2.58. The van der Waals surface area contributed by atoms with Crippen LogP contribution in [0.3, 0.4) is 0 Å². The summed E-state index contributed by atoms with van der Waals surface area (Å²) in [7, 11) is 0.323. The van der Waals surface area contributed by atoms with Crippen molar-refractivity contribution < 1.29 is 9.36 Å². The van der Waals surface area contributed by atoms with Crippen LogP contribution in [0.15, 0.2) is 23.3 Å². The molecule has 4 rings (SSSR count). The van der Waals surface area contributed by atoms with Gasteiger partial charge in [-0.2, -0.15) is 0 Å². The average Bonchev–Trinajstić information content (AvgIpc) is 3.01. The SMILES string of the molecule is CCC[C@@H](C)C1=CC[C@H]2[C@@H]3CC[C@@H]4C[C@H](P=O)CC[C@]4(C)C3=CC(=O)[C@]12C. The van der Waals surface area contributed by atoms with Gasteiger partial charge in [0.25, 0.3) is 0 Å². The lowest BCUT2D eigenvalue weighted by atomic mass is 9.48. The van der Waals surface area contributed by atoms with E-state index >= 15 is 0 Å². The standard InChI is InChI=1S/C24H35O2P/c1-5-6-15(2)19-9-10-20-18-8-7-16-13-17(27-26)11-12-23(16,3)21(18)14-22(25)24(19,20)4/h9,14-18,20H,5-8,10-13H2,1-4H3/t15-,16-,17-,18+,20+,23+,24-/m1/s1. The summed E-state index contributed by atoms with van der Waals surface area (Å²) in [5.74, 6) is 2.52. The maximum absolute atomic E-state index is 13.5. The van der Waals surface area contributed by atoms with E-state index < -0.39 is 0 Å². The van der Waals surface area contributed by atoms with Crippen molar-refractivity contribution in [2.24, 2.45) is 34.5 Å². The van der Waals surface area contributed by atoms with Crippen LogP contribution in [0.4, 0.5) is 0 Å². The number of rotatable bonds is 4. The topological polar surface area (TPSA) is 34.1 Å². The molecule has 2 saturated carbocycles. The molecule has 0 bridgehead atoms. The molecule has 0 heterocycles. The fraction of sp³-hybridized carbons (Fsp3) is 0.792.